The lowest BCUT2D eigenvalue weighted by molar-refractivity contribution is 0.0692. The average molecular weight is 262 g/mol. The SMILES string of the molecule is COc1cccc(C(=O)O)c1OCC#CC(C)(C)C. The molecule has 102 valence electrons. The van der Waals surface area contributed by atoms with Crippen LogP contribution in [0.3, 0.4) is 0 Å². The fourth-order valence-corrected chi connectivity index (χ4v) is 1.40. The summed E-state index contributed by atoms with van der Waals surface area (Å²) < 4.78 is 10.5. The summed E-state index contributed by atoms with van der Waals surface area (Å²) in [5.41, 5.74) is -0.0448. The third kappa shape index (κ3) is 4.55. The van der Waals surface area contributed by atoms with Gasteiger partial charge in [-0.1, -0.05) is 17.9 Å². The first kappa shape index (κ1) is 14.9. The number of carbonyl (C=O) groups is 1. The Bertz CT molecular complexity index is 515. The van der Waals surface area contributed by atoms with Gasteiger partial charge in [-0.05, 0) is 32.9 Å². The van der Waals surface area contributed by atoms with Gasteiger partial charge in [0.1, 0.15) is 12.2 Å². The summed E-state index contributed by atoms with van der Waals surface area (Å²) in [4.78, 5) is 11.1. The molecule has 0 aromatic heterocycles. The molecule has 0 aliphatic rings. The maximum absolute atomic E-state index is 11.1. The van der Waals surface area contributed by atoms with E-state index >= 15 is 0 Å². The minimum Gasteiger partial charge on any atom is -0.493 e. The number of carboxylic acids is 1. The Morgan fingerprint density at radius 1 is 1.37 bits per heavy atom. The van der Waals surface area contributed by atoms with Crippen molar-refractivity contribution < 1.29 is 19.4 Å². The van der Waals surface area contributed by atoms with Gasteiger partial charge in [-0.25, -0.2) is 4.79 Å². The van der Waals surface area contributed by atoms with Crippen LogP contribution in [0.2, 0.25) is 0 Å². The third-order valence-corrected chi connectivity index (χ3v) is 2.18. The molecule has 0 spiro atoms. The Morgan fingerprint density at radius 3 is 2.58 bits per heavy atom. The average Bonchev–Trinajstić information content (AvgIpc) is 2.33. The van der Waals surface area contributed by atoms with E-state index in [0.717, 1.165) is 0 Å². The molecule has 0 heterocycles. The second-order valence-corrected chi connectivity index (χ2v) is 4.98. The zero-order valence-corrected chi connectivity index (χ0v) is 11.6. The molecule has 1 rings (SSSR count). The maximum atomic E-state index is 11.1. The Kier molecular flexibility index (Phi) is 4.82. The van der Waals surface area contributed by atoms with E-state index < -0.39 is 5.97 Å². The second-order valence-electron chi connectivity index (χ2n) is 4.98. The lowest BCUT2D eigenvalue weighted by Gasteiger charge is -2.11. The standard InChI is InChI=1S/C15H18O4/c1-15(2,3)9-6-10-19-13-11(14(16)17)7-5-8-12(13)18-4/h5,7-8H,10H2,1-4H3,(H,16,17). The smallest absolute Gasteiger partial charge is 0.339 e. The van der Waals surface area contributed by atoms with Crippen molar-refractivity contribution in [2.75, 3.05) is 13.7 Å². The Balaban J connectivity index is 2.92. The van der Waals surface area contributed by atoms with Crippen LogP contribution in [-0.2, 0) is 0 Å². The molecular weight excluding hydrogens is 244 g/mol. The Morgan fingerprint density at radius 2 is 2.05 bits per heavy atom. The van der Waals surface area contributed by atoms with Crippen molar-refractivity contribution in [3.63, 3.8) is 0 Å². The molecule has 0 aliphatic carbocycles. The van der Waals surface area contributed by atoms with Gasteiger partial charge in [0.05, 0.1) is 7.11 Å². The Labute approximate surface area is 113 Å². The second kappa shape index (κ2) is 6.14. The molecular formula is C15H18O4. The predicted molar refractivity (Wildman–Crippen MR) is 72.7 cm³/mol. The maximum Gasteiger partial charge on any atom is 0.339 e. The monoisotopic (exact) mass is 262 g/mol. The lowest BCUT2D eigenvalue weighted by Crippen LogP contribution is -2.06. The number of benzene rings is 1. The molecule has 19 heavy (non-hydrogen) atoms. The van der Waals surface area contributed by atoms with E-state index in [1.807, 2.05) is 20.8 Å². The van der Waals surface area contributed by atoms with E-state index in [1.165, 1.54) is 13.2 Å². The van der Waals surface area contributed by atoms with Gasteiger partial charge in [0.15, 0.2) is 11.5 Å². The van der Waals surface area contributed by atoms with Crippen molar-refractivity contribution in [3.05, 3.63) is 23.8 Å². The van der Waals surface area contributed by atoms with Gasteiger partial charge < -0.3 is 14.6 Å². The molecule has 0 atom stereocenters. The molecule has 1 aromatic rings. The first-order valence-corrected chi connectivity index (χ1v) is 5.88. The van der Waals surface area contributed by atoms with Crippen molar-refractivity contribution in [3.8, 4) is 23.3 Å². The van der Waals surface area contributed by atoms with Crippen molar-refractivity contribution in [1.82, 2.24) is 0 Å². The molecule has 0 amide bonds. The summed E-state index contributed by atoms with van der Waals surface area (Å²) in [6.07, 6.45) is 0. The number of hydrogen-bond acceptors (Lipinski definition) is 3. The zero-order valence-electron chi connectivity index (χ0n) is 11.6. The number of hydrogen-bond donors (Lipinski definition) is 1. The van der Waals surface area contributed by atoms with Gasteiger partial charge in [0.25, 0.3) is 0 Å². The highest BCUT2D eigenvalue weighted by molar-refractivity contribution is 5.92. The van der Waals surface area contributed by atoms with Crippen LogP contribution in [0.5, 0.6) is 11.5 Å². The highest BCUT2D eigenvalue weighted by Crippen LogP contribution is 2.30. The predicted octanol–water partition coefficient (Wildman–Crippen LogP) is 2.82. The van der Waals surface area contributed by atoms with Crippen molar-refractivity contribution in [1.29, 1.82) is 0 Å². The van der Waals surface area contributed by atoms with Crippen LogP contribution in [0.1, 0.15) is 31.1 Å². The van der Waals surface area contributed by atoms with Crippen molar-refractivity contribution in [2.24, 2.45) is 5.41 Å². The normalized spacial score (nSPS) is 10.3. The zero-order chi connectivity index (χ0) is 14.5. The van der Waals surface area contributed by atoms with Crippen molar-refractivity contribution >= 4 is 5.97 Å². The van der Waals surface area contributed by atoms with Crippen LogP contribution in [-0.4, -0.2) is 24.8 Å². The van der Waals surface area contributed by atoms with E-state index in [-0.39, 0.29) is 23.3 Å². The number of ether oxygens (including phenoxy) is 2. The topological polar surface area (TPSA) is 55.8 Å². The molecule has 0 saturated heterocycles. The van der Waals surface area contributed by atoms with Gasteiger partial charge in [-0.3, -0.25) is 0 Å². The molecule has 0 fully saturated rings. The molecule has 4 nitrogen and oxygen atoms in total. The van der Waals surface area contributed by atoms with Crippen molar-refractivity contribution in [2.45, 2.75) is 20.8 Å². The van der Waals surface area contributed by atoms with Gasteiger partial charge in [0.2, 0.25) is 0 Å². The highest BCUT2D eigenvalue weighted by Gasteiger charge is 2.15. The minimum atomic E-state index is -1.06. The summed E-state index contributed by atoms with van der Waals surface area (Å²) in [7, 11) is 1.47. The summed E-state index contributed by atoms with van der Waals surface area (Å²) in [5, 5.41) is 9.10. The summed E-state index contributed by atoms with van der Waals surface area (Å²) in [6.45, 7) is 6.10. The first-order valence-electron chi connectivity index (χ1n) is 5.88. The molecule has 0 aliphatic heterocycles. The molecule has 0 saturated carbocycles. The van der Waals surface area contributed by atoms with E-state index in [0.29, 0.717) is 5.75 Å². The lowest BCUT2D eigenvalue weighted by atomic mass is 9.98. The summed E-state index contributed by atoms with van der Waals surface area (Å²) >= 11 is 0. The van der Waals surface area contributed by atoms with Crippen LogP contribution in [0.25, 0.3) is 0 Å². The molecule has 4 heteroatoms. The molecule has 1 N–H and O–H groups in total. The quantitative estimate of drug-likeness (QED) is 0.848. The van der Waals surface area contributed by atoms with Gasteiger partial charge >= 0.3 is 5.97 Å². The van der Waals surface area contributed by atoms with Crippen LogP contribution in [0.15, 0.2) is 18.2 Å². The summed E-state index contributed by atoms with van der Waals surface area (Å²) in [6, 6.07) is 4.73. The number of aromatic carboxylic acids is 1. The molecule has 0 radical (unpaired) electrons. The number of rotatable bonds is 4. The largest absolute Gasteiger partial charge is 0.493 e. The van der Waals surface area contributed by atoms with E-state index in [4.69, 9.17) is 14.6 Å². The van der Waals surface area contributed by atoms with Crippen LogP contribution in [0, 0.1) is 17.3 Å². The van der Waals surface area contributed by atoms with Gasteiger partial charge in [-0.15, -0.1) is 0 Å². The molecule has 1 aromatic carbocycles. The van der Waals surface area contributed by atoms with E-state index in [9.17, 15) is 4.79 Å². The third-order valence-electron chi connectivity index (χ3n) is 2.18. The Hall–Kier alpha value is -2.15. The summed E-state index contributed by atoms with van der Waals surface area (Å²) in [5.74, 6) is 5.42. The van der Waals surface area contributed by atoms with Gasteiger partial charge in [0, 0.05) is 5.41 Å². The highest BCUT2D eigenvalue weighted by atomic mass is 16.5. The van der Waals surface area contributed by atoms with E-state index in [1.54, 1.807) is 12.1 Å². The van der Waals surface area contributed by atoms with Crippen LogP contribution >= 0.6 is 0 Å². The number of para-hydroxylation sites is 1. The van der Waals surface area contributed by atoms with Crippen LogP contribution in [0.4, 0.5) is 0 Å². The molecule has 0 unspecified atom stereocenters. The fourth-order valence-electron chi connectivity index (χ4n) is 1.40. The van der Waals surface area contributed by atoms with E-state index in [2.05, 4.69) is 11.8 Å². The fraction of sp³-hybridized carbons (Fsp3) is 0.400. The molecule has 0 bridgehead atoms. The van der Waals surface area contributed by atoms with Crippen LogP contribution < -0.4 is 9.47 Å². The van der Waals surface area contributed by atoms with Gasteiger partial charge in [-0.2, -0.15) is 0 Å². The number of carboxylic acid groups (broad SMARTS) is 1. The number of methoxy groups -OCH3 is 1. The first-order chi connectivity index (χ1) is 8.85. The minimum absolute atomic E-state index is 0.0666.